The molecule has 1 fully saturated rings. The molecule has 0 N–H and O–H groups in total. The summed E-state index contributed by atoms with van der Waals surface area (Å²) in [5.74, 6) is -0.468. The molecule has 0 bridgehead atoms. The average molecular weight is 338 g/mol. The molecule has 7 heteroatoms. The van der Waals surface area contributed by atoms with Crippen molar-refractivity contribution in [1.82, 2.24) is 9.80 Å². The lowest BCUT2D eigenvalue weighted by atomic mass is 10.1. The molecule has 132 valence electrons. The van der Waals surface area contributed by atoms with Crippen molar-refractivity contribution >= 4 is 11.9 Å². The number of carbonyl (C=O) groups is 2. The number of hydrogen-bond acceptors (Lipinski definition) is 5. The lowest BCUT2D eigenvalue weighted by Gasteiger charge is -2.33. The van der Waals surface area contributed by atoms with Gasteiger partial charge in [-0.1, -0.05) is 0 Å². The molecule has 0 saturated carbocycles. The second-order valence-electron chi connectivity index (χ2n) is 5.57. The summed E-state index contributed by atoms with van der Waals surface area (Å²) in [6.45, 7) is 7.35. The molecule has 1 heterocycles. The summed E-state index contributed by atoms with van der Waals surface area (Å²) in [6.07, 6.45) is -0.269. The first kappa shape index (κ1) is 18.2. The quantitative estimate of drug-likeness (QED) is 0.744. The molecule has 6 nitrogen and oxygen atoms in total. The molecule has 0 atom stereocenters. The fourth-order valence-corrected chi connectivity index (χ4v) is 2.53. The van der Waals surface area contributed by atoms with Crippen molar-refractivity contribution in [2.45, 2.75) is 13.8 Å². The topological polar surface area (TPSA) is 59.1 Å². The van der Waals surface area contributed by atoms with Crippen molar-refractivity contribution in [3.63, 3.8) is 0 Å². The summed E-state index contributed by atoms with van der Waals surface area (Å²) in [4.78, 5) is 26.7. The number of benzene rings is 1. The number of nitrogens with zero attached hydrogens (tertiary/aromatic N) is 2. The van der Waals surface area contributed by atoms with Gasteiger partial charge in [0.2, 0.25) is 0 Å². The van der Waals surface area contributed by atoms with Crippen LogP contribution in [-0.4, -0.2) is 67.6 Å². The summed E-state index contributed by atoms with van der Waals surface area (Å²) in [6, 6.07) is 4.26. The molecular weight excluding hydrogens is 315 g/mol. The van der Waals surface area contributed by atoms with Crippen LogP contribution < -0.4 is 4.74 Å². The zero-order valence-electron chi connectivity index (χ0n) is 14.1. The normalized spacial score (nSPS) is 15.2. The van der Waals surface area contributed by atoms with Gasteiger partial charge in [-0.25, -0.2) is 9.18 Å². The van der Waals surface area contributed by atoms with Gasteiger partial charge in [-0.15, -0.1) is 0 Å². The van der Waals surface area contributed by atoms with E-state index in [1.54, 1.807) is 17.9 Å². The highest BCUT2D eigenvalue weighted by Gasteiger charge is 2.21. The first-order chi connectivity index (χ1) is 11.5. The maximum Gasteiger partial charge on any atom is 0.409 e. The van der Waals surface area contributed by atoms with Crippen LogP contribution in [0.2, 0.25) is 0 Å². The van der Waals surface area contributed by atoms with E-state index in [2.05, 4.69) is 4.90 Å². The lowest BCUT2D eigenvalue weighted by Crippen LogP contribution is -2.49. The molecule has 0 aliphatic carbocycles. The summed E-state index contributed by atoms with van der Waals surface area (Å²) in [7, 11) is 0. The van der Waals surface area contributed by atoms with Crippen LogP contribution in [0.15, 0.2) is 18.2 Å². The third kappa shape index (κ3) is 4.92. The monoisotopic (exact) mass is 338 g/mol. The number of amides is 1. The van der Waals surface area contributed by atoms with Gasteiger partial charge >= 0.3 is 6.09 Å². The number of ether oxygens (including phenoxy) is 2. The molecule has 1 aromatic rings. The number of halogens is 1. The van der Waals surface area contributed by atoms with E-state index in [1.165, 1.54) is 19.1 Å². The first-order valence-electron chi connectivity index (χ1n) is 8.08. The van der Waals surface area contributed by atoms with Crippen LogP contribution in [0.4, 0.5) is 9.18 Å². The summed E-state index contributed by atoms with van der Waals surface area (Å²) in [5.41, 5.74) is 0.0671. The van der Waals surface area contributed by atoms with E-state index in [0.29, 0.717) is 38.6 Å². The average Bonchev–Trinajstić information content (AvgIpc) is 2.55. The Kier molecular flexibility index (Phi) is 6.54. The zero-order valence-corrected chi connectivity index (χ0v) is 14.1. The third-order valence-electron chi connectivity index (χ3n) is 3.89. The van der Waals surface area contributed by atoms with Crippen molar-refractivity contribution in [3.05, 3.63) is 29.6 Å². The Labute approximate surface area is 141 Å². The Morgan fingerprint density at radius 3 is 2.50 bits per heavy atom. The van der Waals surface area contributed by atoms with Crippen molar-refractivity contribution < 1.29 is 23.5 Å². The van der Waals surface area contributed by atoms with Crippen molar-refractivity contribution in [1.29, 1.82) is 0 Å². The Morgan fingerprint density at radius 1 is 1.21 bits per heavy atom. The smallest absolute Gasteiger partial charge is 0.409 e. The lowest BCUT2D eigenvalue weighted by molar-refractivity contribution is 0.0757. The Hall–Kier alpha value is -2.15. The van der Waals surface area contributed by atoms with Gasteiger partial charge in [0.15, 0.2) is 5.78 Å². The van der Waals surface area contributed by atoms with E-state index >= 15 is 0 Å². The molecular formula is C17H23FN2O4. The summed E-state index contributed by atoms with van der Waals surface area (Å²) >= 11 is 0. The minimum Gasteiger partial charge on any atom is -0.492 e. The molecule has 0 unspecified atom stereocenters. The Balaban J connectivity index is 1.73. The highest BCUT2D eigenvalue weighted by atomic mass is 19.1. The van der Waals surface area contributed by atoms with E-state index < -0.39 is 5.82 Å². The van der Waals surface area contributed by atoms with E-state index in [9.17, 15) is 14.0 Å². The molecule has 0 radical (unpaired) electrons. The van der Waals surface area contributed by atoms with E-state index in [-0.39, 0.29) is 17.4 Å². The van der Waals surface area contributed by atoms with Gasteiger partial charge in [-0.2, -0.15) is 0 Å². The molecule has 2 rings (SSSR count). The predicted octanol–water partition coefficient (Wildman–Crippen LogP) is 2.18. The van der Waals surface area contributed by atoms with Gasteiger partial charge in [-0.05, 0) is 26.0 Å². The van der Waals surface area contributed by atoms with Crippen LogP contribution in [0.5, 0.6) is 5.75 Å². The van der Waals surface area contributed by atoms with Gasteiger partial charge in [0, 0.05) is 38.8 Å². The van der Waals surface area contributed by atoms with Gasteiger partial charge in [0.25, 0.3) is 0 Å². The molecule has 0 spiro atoms. The molecule has 1 amide bonds. The van der Waals surface area contributed by atoms with Crippen LogP contribution in [0.1, 0.15) is 24.2 Å². The van der Waals surface area contributed by atoms with Crippen molar-refractivity contribution in [2.24, 2.45) is 0 Å². The molecule has 1 aliphatic heterocycles. The summed E-state index contributed by atoms with van der Waals surface area (Å²) in [5, 5.41) is 0. The zero-order chi connectivity index (χ0) is 17.5. The van der Waals surface area contributed by atoms with Crippen molar-refractivity contribution in [2.75, 3.05) is 45.9 Å². The first-order valence-corrected chi connectivity index (χ1v) is 8.08. The highest BCUT2D eigenvalue weighted by molar-refractivity contribution is 5.94. The minimum atomic E-state index is -0.567. The minimum absolute atomic E-state index is 0.0671. The SMILES string of the molecule is CCOC(=O)N1CCN(CCOc2ccc(C(C)=O)c(F)c2)CC1. The number of rotatable bonds is 6. The number of ketones is 1. The second kappa shape index (κ2) is 8.63. The molecule has 1 saturated heterocycles. The fourth-order valence-electron chi connectivity index (χ4n) is 2.53. The van der Waals surface area contributed by atoms with Crippen LogP contribution >= 0.6 is 0 Å². The third-order valence-corrected chi connectivity index (χ3v) is 3.89. The van der Waals surface area contributed by atoms with Gasteiger partial charge in [-0.3, -0.25) is 9.69 Å². The van der Waals surface area contributed by atoms with Crippen LogP contribution in [-0.2, 0) is 4.74 Å². The van der Waals surface area contributed by atoms with Gasteiger partial charge in [0.1, 0.15) is 18.2 Å². The van der Waals surface area contributed by atoms with Crippen molar-refractivity contribution in [3.8, 4) is 5.75 Å². The molecule has 1 aromatic carbocycles. The fraction of sp³-hybridized carbons (Fsp3) is 0.529. The van der Waals surface area contributed by atoms with E-state index in [0.717, 1.165) is 13.1 Å². The standard InChI is InChI=1S/C17H23FN2O4/c1-3-23-17(22)20-8-6-19(7-9-20)10-11-24-14-4-5-15(13(2)21)16(18)12-14/h4-5,12H,3,6-11H2,1-2H3. The largest absolute Gasteiger partial charge is 0.492 e. The highest BCUT2D eigenvalue weighted by Crippen LogP contribution is 2.17. The van der Waals surface area contributed by atoms with Gasteiger partial charge < -0.3 is 14.4 Å². The van der Waals surface area contributed by atoms with E-state index in [4.69, 9.17) is 9.47 Å². The number of carbonyl (C=O) groups excluding carboxylic acids is 2. The van der Waals surface area contributed by atoms with Crippen LogP contribution in [0, 0.1) is 5.82 Å². The Morgan fingerprint density at radius 2 is 1.92 bits per heavy atom. The van der Waals surface area contributed by atoms with E-state index in [1.807, 2.05) is 0 Å². The Bertz CT molecular complexity index is 586. The molecule has 1 aliphatic rings. The van der Waals surface area contributed by atoms with Crippen LogP contribution in [0.3, 0.4) is 0 Å². The number of Topliss-reactive ketones (excluding diaryl/α,β-unsaturated/α-hetero) is 1. The molecule has 24 heavy (non-hydrogen) atoms. The predicted molar refractivity (Wildman–Crippen MR) is 86.9 cm³/mol. The second-order valence-corrected chi connectivity index (χ2v) is 5.57. The van der Waals surface area contributed by atoms with Gasteiger partial charge in [0.05, 0.1) is 12.2 Å². The summed E-state index contributed by atoms with van der Waals surface area (Å²) < 4.78 is 24.2. The number of piperazine rings is 1. The van der Waals surface area contributed by atoms with Crippen LogP contribution in [0.25, 0.3) is 0 Å². The maximum atomic E-state index is 13.7. The number of hydrogen-bond donors (Lipinski definition) is 0. The maximum absolute atomic E-state index is 13.7. The molecule has 0 aromatic heterocycles.